The lowest BCUT2D eigenvalue weighted by Gasteiger charge is -2.19. The Hall–Kier alpha value is -3.68. The van der Waals surface area contributed by atoms with Crippen molar-refractivity contribution in [1.29, 1.82) is 0 Å². The summed E-state index contributed by atoms with van der Waals surface area (Å²) in [5, 5.41) is 11.4. The summed E-state index contributed by atoms with van der Waals surface area (Å²) in [4.78, 5) is 40.5. The normalized spacial score (nSPS) is 13.6. The van der Waals surface area contributed by atoms with Crippen LogP contribution >= 0.6 is 0 Å². The van der Waals surface area contributed by atoms with Crippen molar-refractivity contribution in [3.05, 3.63) is 65.4 Å². The minimum Gasteiger partial charge on any atom is -0.478 e. The summed E-state index contributed by atoms with van der Waals surface area (Å²) >= 11 is 0. The van der Waals surface area contributed by atoms with Crippen LogP contribution in [0.15, 0.2) is 48.7 Å². The number of nitrogens with zero attached hydrogens (tertiary/aromatic N) is 2. The molecule has 0 saturated heterocycles. The molecule has 0 atom stereocenters. The first-order valence-corrected chi connectivity index (χ1v) is 8.16. The number of fused-ring (bicyclic) bond motifs is 1. The first kappa shape index (κ1) is 18.1. The van der Waals surface area contributed by atoms with Gasteiger partial charge in [0.1, 0.15) is 19.0 Å². The summed E-state index contributed by atoms with van der Waals surface area (Å²) in [5.41, 5.74) is 1.98. The minimum absolute atomic E-state index is 0.101. The highest BCUT2D eigenvalue weighted by atomic mass is 16.6. The third-order valence-corrected chi connectivity index (χ3v) is 3.82. The second-order valence-corrected chi connectivity index (χ2v) is 5.89. The van der Waals surface area contributed by atoms with Crippen LogP contribution in [0.2, 0.25) is 0 Å². The van der Waals surface area contributed by atoms with E-state index in [9.17, 15) is 14.4 Å². The molecular formula is C19H17N3O5. The zero-order valence-corrected chi connectivity index (χ0v) is 14.3. The lowest BCUT2D eigenvalue weighted by Crippen LogP contribution is -2.35. The van der Waals surface area contributed by atoms with E-state index in [0.717, 1.165) is 11.6 Å². The van der Waals surface area contributed by atoms with Crippen molar-refractivity contribution in [2.75, 3.05) is 11.9 Å². The van der Waals surface area contributed by atoms with Crippen molar-refractivity contribution in [2.45, 2.75) is 13.2 Å². The summed E-state index contributed by atoms with van der Waals surface area (Å²) in [6.45, 7) is 0.0536. The molecule has 0 bridgehead atoms. The third kappa shape index (κ3) is 4.91. The molecule has 27 heavy (non-hydrogen) atoms. The van der Waals surface area contributed by atoms with Crippen LogP contribution in [0.3, 0.4) is 0 Å². The van der Waals surface area contributed by atoms with Crippen molar-refractivity contribution < 1.29 is 24.2 Å². The quantitative estimate of drug-likeness (QED) is 0.803. The molecule has 8 heteroatoms. The lowest BCUT2D eigenvalue weighted by atomic mass is 10.1. The molecule has 1 aromatic heterocycles. The topological polar surface area (TPSA) is 109 Å². The molecule has 2 heterocycles. The van der Waals surface area contributed by atoms with Crippen LogP contribution in [0, 0.1) is 0 Å². The molecule has 0 aliphatic carbocycles. The Balaban J connectivity index is 1.74. The molecule has 0 radical (unpaired) electrons. The Labute approximate surface area is 155 Å². The molecule has 138 valence electrons. The number of ether oxygens (including phenoxy) is 1. The molecule has 0 spiro atoms. The van der Waals surface area contributed by atoms with Crippen LogP contribution in [-0.4, -0.2) is 39.5 Å². The molecule has 0 fully saturated rings. The second-order valence-electron chi connectivity index (χ2n) is 5.89. The monoisotopic (exact) mass is 367 g/mol. The van der Waals surface area contributed by atoms with Gasteiger partial charge in [-0.15, -0.1) is 0 Å². The maximum atomic E-state index is 12.4. The fraction of sp³-hybridized carbons (Fsp3) is 0.158. The number of carbonyl (C=O) groups excluding carboxylic acids is 2. The number of aromatic nitrogens is 1. The smallest absolute Gasteiger partial charge is 0.410 e. The number of carboxylic acids is 1. The number of carbonyl (C=O) groups is 3. The standard InChI is InChI=1S/C19H17N3O5/c23-16-11-22(19(26)27-12-13-4-2-1-3-5-13)10-15-8-14(6-7-17(24)25)9-20-18(15)21-16/h1-9H,10-12H2,(H,24,25)(H,20,21,23). The van der Waals surface area contributed by atoms with Gasteiger partial charge in [0.05, 0.1) is 6.54 Å². The average molecular weight is 367 g/mol. The zero-order valence-electron chi connectivity index (χ0n) is 14.3. The fourth-order valence-corrected chi connectivity index (χ4v) is 2.57. The van der Waals surface area contributed by atoms with Crippen LogP contribution in [0.4, 0.5) is 10.6 Å². The lowest BCUT2D eigenvalue weighted by molar-refractivity contribution is -0.131. The maximum Gasteiger partial charge on any atom is 0.410 e. The van der Waals surface area contributed by atoms with Crippen LogP contribution in [0.25, 0.3) is 6.08 Å². The van der Waals surface area contributed by atoms with Crippen molar-refractivity contribution in [3.63, 3.8) is 0 Å². The van der Waals surface area contributed by atoms with Gasteiger partial charge in [-0.2, -0.15) is 0 Å². The Morgan fingerprint density at radius 2 is 2.04 bits per heavy atom. The first-order valence-electron chi connectivity index (χ1n) is 8.16. The highest BCUT2D eigenvalue weighted by Crippen LogP contribution is 2.21. The highest BCUT2D eigenvalue weighted by Gasteiger charge is 2.25. The van der Waals surface area contributed by atoms with E-state index in [4.69, 9.17) is 9.84 Å². The van der Waals surface area contributed by atoms with E-state index in [0.29, 0.717) is 16.9 Å². The minimum atomic E-state index is -1.08. The Kier molecular flexibility index (Phi) is 5.46. The van der Waals surface area contributed by atoms with E-state index in [1.807, 2.05) is 30.3 Å². The Bertz CT molecular complexity index is 895. The van der Waals surface area contributed by atoms with Crippen molar-refractivity contribution in [1.82, 2.24) is 9.88 Å². The number of carboxylic acid groups (broad SMARTS) is 1. The third-order valence-electron chi connectivity index (χ3n) is 3.82. The number of pyridine rings is 1. The Morgan fingerprint density at radius 3 is 2.78 bits per heavy atom. The number of nitrogens with one attached hydrogen (secondary N) is 1. The van der Waals surface area contributed by atoms with Crippen LogP contribution in [0.5, 0.6) is 0 Å². The molecule has 8 nitrogen and oxygen atoms in total. The van der Waals surface area contributed by atoms with Gasteiger partial charge in [0.25, 0.3) is 0 Å². The number of hydrogen-bond donors (Lipinski definition) is 2. The van der Waals surface area contributed by atoms with Crippen molar-refractivity contribution >= 4 is 29.9 Å². The van der Waals surface area contributed by atoms with Crippen LogP contribution in [0.1, 0.15) is 16.7 Å². The molecule has 1 aliphatic rings. The summed E-state index contributed by atoms with van der Waals surface area (Å²) in [6.07, 6.45) is 3.21. The van der Waals surface area contributed by atoms with Crippen LogP contribution < -0.4 is 5.32 Å². The molecular weight excluding hydrogens is 350 g/mol. The van der Waals surface area contributed by atoms with E-state index in [1.165, 1.54) is 17.2 Å². The van der Waals surface area contributed by atoms with E-state index >= 15 is 0 Å². The van der Waals surface area contributed by atoms with Crippen molar-refractivity contribution in [3.8, 4) is 0 Å². The van der Waals surface area contributed by atoms with Gasteiger partial charge in [-0.1, -0.05) is 30.3 Å². The molecule has 1 aromatic carbocycles. The predicted octanol–water partition coefficient (Wildman–Crippen LogP) is 2.27. The van der Waals surface area contributed by atoms with Gasteiger partial charge in [-0.3, -0.25) is 9.69 Å². The van der Waals surface area contributed by atoms with Gasteiger partial charge in [0.15, 0.2) is 0 Å². The molecule has 0 saturated carbocycles. The zero-order chi connectivity index (χ0) is 19.2. The number of rotatable bonds is 4. The SMILES string of the molecule is O=C(O)C=Cc1cnc2c(c1)CN(C(=O)OCc1ccccc1)CC(=O)N2. The van der Waals surface area contributed by atoms with E-state index < -0.39 is 12.1 Å². The highest BCUT2D eigenvalue weighted by molar-refractivity contribution is 5.95. The van der Waals surface area contributed by atoms with Gasteiger partial charge < -0.3 is 15.2 Å². The molecule has 3 rings (SSSR count). The van der Waals surface area contributed by atoms with E-state index in [1.54, 1.807) is 6.07 Å². The summed E-state index contributed by atoms with van der Waals surface area (Å²) in [6, 6.07) is 10.9. The van der Waals surface area contributed by atoms with Crippen LogP contribution in [-0.2, 0) is 27.5 Å². The first-order chi connectivity index (χ1) is 13.0. The average Bonchev–Trinajstić information content (AvgIpc) is 2.83. The summed E-state index contributed by atoms with van der Waals surface area (Å²) in [5.74, 6) is -1.12. The second kappa shape index (κ2) is 8.13. The van der Waals surface area contributed by atoms with Gasteiger partial charge in [0.2, 0.25) is 5.91 Å². The van der Waals surface area contributed by atoms with Gasteiger partial charge in [0, 0.05) is 17.8 Å². The molecule has 2 N–H and O–H groups in total. The van der Waals surface area contributed by atoms with Crippen molar-refractivity contribution in [2.24, 2.45) is 0 Å². The summed E-state index contributed by atoms with van der Waals surface area (Å²) in [7, 11) is 0. The largest absolute Gasteiger partial charge is 0.478 e. The predicted molar refractivity (Wildman–Crippen MR) is 96.6 cm³/mol. The number of anilines is 1. The van der Waals surface area contributed by atoms with Gasteiger partial charge in [-0.25, -0.2) is 14.6 Å². The Morgan fingerprint density at radius 1 is 1.26 bits per heavy atom. The number of hydrogen-bond acceptors (Lipinski definition) is 5. The number of amides is 2. The maximum absolute atomic E-state index is 12.4. The number of aliphatic carboxylic acids is 1. The van der Waals surface area contributed by atoms with E-state index in [2.05, 4.69) is 10.3 Å². The summed E-state index contributed by atoms with van der Waals surface area (Å²) < 4.78 is 5.29. The fourth-order valence-electron chi connectivity index (χ4n) is 2.57. The molecule has 2 amide bonds. The molecule has 1 aliphatic heterocycles. The van der Waals surface area contributed by atoms with Gasteiger partial charge in [-0.05, 0) is 23.3 Å². The molecule has 0 unspecified atom stereocenters. The van der Waals surface area contributed by atoms with E-state index in [-0.39, 0.29) is 25.6 Å². The molecule has 2 aromatic rings. The van der Waals surface area contributed by atoms with Gasteiger partial charge >= 0.3 is 12.1 Å². The number of benzene rings is 1.